The SMILES string of the molecule is CSC[NH3+]. The summed E-state index contributed by atoms with van der Waals surface area (Å²) in [5.41, 5.74) is 3.57. The van der Waals surface area contributed by atoms with Crippen LogP contribution in [0, 0.1) is 0 Å². The van der Waals surface area contributed by atoms with Crippen molar-refractivity contribution < 1.29 is 5.73 Å². The van der Waals surface area contributed by atoms with Gasteiger partial charge in [0, 0.05) is 0 Å². The van der Waals surface area contributed by atoms with Gasteiger partial charge in [-0.2, -0.15) is 0 Å². The van der Waals surface area contributed by atoms with Crippen molar-refractivity contribution in [1.82, 2.24) is 0 Å². The lowest BCUT2D eigenvalue weighted by Gasteiger charge is -1.67. The first-order chi connectivity index (χ1) is 1.91. The van der Waals surface area contributed by atoms with Crippen molar-refractivity contribution in [3.63, 3.8) is 0 Å². The van der Waals surface area contributed by atoms with Crippen molar-refractivity contribution in [1.29, 1.82) is 0 Å². The van der Waals surface area contributed by atoms with Gasteiger partial charge < -0.3 is 5.73 Å². The fraction of sp³-hybridized carbons (Fsp3) is 1.00. The summed E-state index contributed by atoms with van der Waals surface area (Å²) in [7, 11) is 0. The summed E-state index contributed by atoms with van der Waals surface area (Å²) < 4.78 is 0. The van der Waals surface area contributed by atoms with Crippen molar-refractivity contribution in [2.45, 2.75) is 0 Å². The molecule has 0 fully saturated rings. The molecule has 0 aliphatic rings. The van der Waals surface area contributed by atoms with E-state index < -0.39 is 0 Å². The van der Waals surface area contributed by atoms with E-state index in [2.05, 4.69) is 5.73 Å². The summed E-state index contributed by atoms with van der Waals surface area (Å²) in [4.78, 5) is 0. The lowest BCUT2D eigenvalue weighted by molar-refractivity contribution is -0.338. The van der Waals surface area contributed by atoms with Gasteiger partial charge in [0.25, 0.3) is 0 Å². The number of quaternary nitrogens is 1. The van der Waals surface area contributed by atoms with E-state index in [4.69, 9.17) is 0 Å². The first-order valence-corrected chi connectivity index (χ1v) is 2.59. The number of hydrogen-bond donors (Lipinski definition) is 1. The van der Waals surface area contributed by atoms with Crippen LogP contribution in [0.1, 0.15) is 0 Å². The average molecular weight is 78.2 g/mol. The van der Waals surface area contributed by atoms with E-state index in [1.165, 1.54) is 0 Å². The van der Waals surface area contributed by atoms with Crippen LogP contribution >= 0.6 is 11.8 Å². The third kappa shape index (κ3) is 2.31. The molecule has 0 saturated carbocycles. The largest absolute Gasteiger partial charge is 0.349 e. The maximum atomic E-state index is 3.57. The predicted octanol–water partition coefficient (Wildman–Crippen LogP) is -0.451. The Labute approximate surface area is 30.6 Å². The Morgan fingerprint density at radius 1 is 2.00 bits per heavy atom. The van der Waals surface area contributed by atoms with Crippen LogP contribution in [-0.2, 0) is 0 Å². The molecule has 0 aliphatic carbocycles. The van der Waals surface area contributed by atoms with Crippen molar-refractivity contribution in [2.75, 3.05) is 12.1 Å². The molecule has 0 aromatic carbocycles. The first-order valence-electron chi connectivity index (χ1n) is 1.20. The van der Waals surface area contributed by atoms with Crippen molar-refractivity contribution in [3.05, 3.63) is 0 Å². The van der Waals surface area contributed by atoms with Gasteiger partial charge in [-0.05, 0) is 6.26 Å². The molecule has 2 heteroatoms. The smallest absolute Gasteiger partial charge is 0.120 e. The van der Waals surface area contributed by atoms with Gasteiger partial charge >= 0.3 is 0 Å². The van der Waals surface area contributed by atoms with Gasteiger partial charge in [0.15, 0.2) is 0 Å². The maximum Gasteiger partial charge on any atom is 0.120 e. The van der Waals surface area contributed by atoms with E-state index in [0.29, 0.717) is 0 Å². The summed E-state index contributed by atoms with van der Waals surface area (Å²) in [6, 6.07) is 0. The molecule has 0 radical (unpaired) electrons. The van der Waals surface area contributed by atoms with Gasteiger partial charge in [-0.25, -0.2) is 0 Å². The second kappa shape index (κ2) is 3.31. The van der Waals surface area contributed by atoms with Gasteiger partial charge in [0.2, 0.25) is 0 Å². The van der Waals surface area contributed by atoms with E-state index in [1.54, 1.807) is 11.8 Å². The second-order valence-corrected chi connectivity index (χ2v) is 1.48. The van der Waals surface area contributed by atoms with Crippen LogP contribution in [0.5, 0.6) is 0 Å². The topological polar surface area (TPSA) is 27.6 Å². The number of hydrogen-bond acceptors (Lipinski definition) is 1. The second-order valence-electron chi connectivity index (χ2n) is 0.493. The minimum absolute atomic E-state index is 0.986. The molecule has 0 aromatic rings. The highest BCUT2D eigenvalue weighted by Gasteiger charge is 1.58. The minimum atomic E-state index is 0.986. The molecule has 0 rings (SSSR count). The Hall–Kier alpha value is 0.310. The minimum Gasteiger partial charge on any atom is -0.349 e. The fourth-order valence-electron chi connectivity index (χ4n) is 0. The van der Waals surface area contributed by atoms with Gasteiger partial charge in [0.05, 0.1) is 0 Å². The Morgan fingerprint density at radius 3 is 2.25 bits per heavy atom. The van der Waals surface area contributed by atoms with Crippen molar-refractivity contribution in [2.24, 2.45) is 0 Å². The van der Waals surface area contributed by atoms with Crippen LogP contribution in [0.25, 0.3) is 0 Å². The van der Waals surface area contributed by atoms with Gasteiger partial charge in [-0.15, -0.1) is 11.8 Å². The van der Waals surface area contributed by atoms with E-state index in [1.807, 2.05) is 6.26 Å². The first kappa shape index (κ1) is 4.31. The molecule has 3 N–H and O–H groups in total. The van der Waals surface area contributed by atoms with Crippen LogP contribution in [0.15, 0.2) is 0 Å². The lowest BCUT2D eigenvalue weighted by Crippen LogP contribution is -2.48. The molecule has 0 aromatic heterocycles. The zero-order chi connectivity index (χ0) is 3.41. The van der Waals surface area contributed by atoms with Crippen LogP contribution in [0.2, 0.25) is 0 Å². The Bertz CT molecular complexity index is 8.00. The highest BCUT2D eigenvalue weighted by Crippen LogP contribution is 1.75. The van der Waals surface area contributed by atoms with Crippen LogP contribution in [-0.4, -0.2) is 12.1 Å². The average Bonchev–Trinajstić information content (AvgIpc) is 1.37. The predicted molar refractivity (Wildman–Crippen MR) is 21.3 cm³/mol. The zero-order valence-electron chi connectivity index (χ0n) is 2.82. The van der Waals surface area contributed by atoms with Gasteiger partial charge in [-0.1, -0.05) is 0 Å². The van der Waals surface area contributed by atoms with Crippen LogP contribution in [0.4, 0.5) is 0 Å². The quantitative estimate of drug-likeness (QED) is 0.423. The molecule has 0 spiro atoms. The third-order valence-electron chi connectivity index (χ3n) is 0.204. The highest BCUT2D eigenvalue weighted by atomic mass is 32.2. The summed E-state index contributed by atoms with van der Waals surface area (Å²) in [6.07, 6.45) is 2.03. The van der Waals surface area contributed by atoms with E-state index >= 15 is 0 Å². The summed E-state index contributed by atoms with van der Waals surface area (Å²) in [6.45, 7) is 0. The molecular formula is C2H8NS+. The molecule has 0 aliphatic heterocycles. The fourth-order valence-corrected chi connectivity index (χ4v) is 0. The number of rotatable bonds is 1. The van der Waals surface area contributed by atoms with Crippen molar-refractivity contribution >= 4 is 11.8 Å². The molecule has 0 unspecified atom stereocenters. The molecule has 4 heavy (non-hydrogen) atoms. The molecule has 26 valence electrons. The molecule has 1 nitrogen and oxygen atoms in total. The lowest BCUT2D eigenvalue weighted by atomic mass is 11.5. The standard InChI is InChI=1S/C2H7NS/c1-4-2-3/h2-3H2,1H3/p+1. The molecule has 0 bridgehead atoms. The van der Waals surface area contributed by atoms with Gasteiger partial charge in [-0.3, -0.25) is 0 Å². The molecule has 0 amide bonds. The molecule has 0 heterocycles. The van der Waals surface area contributed by atoms with E-state index in [0.717, 1.165) is 5.88 Å². The third-order valence-corrected chi connectivity index (χ3v) is 0.612. The Morgan fingerprint density at radius 2 is 2.25 bits per heavy atom. The maximum absolute atomic E-state index is 3.57. The highest BCUT2D eigenvalue weighted by molar-refractivity contribution is 7.98. The number of thioether (sulfide) groups is 1. The Kier molecular flexibility index (Phi) is 3.57. The molecule has 0 saturated heterocycles. The van der Waals surface area contributed by atoms with E-state index in [9.17, 15) is 0 Å². The van der Waals surface area contributed by atoms with Crippen LogP contribution < -0.4 is 5.73 Å². The normalized spacial score (nSPS) is 7.50. The van der Waals surface area contributed by atoms with Gasteiger partial charge in [0.1, 0.15) is 5.88 Å². The zero-order valence-corrected chi connectivity index (χ0v) is 3.64. The van der Waals surface area contributed by atoms with Crippen LogP contribution in [0.3, 0.4) is 0 Å². The Balaban J connectivity index is 1.97. The summed E-state index contributed by atoms with van der Waals surface area (Å²) in [5, 5.41) is 0. The summed E-state index contributed by atoms with van der Waals surface area (Å²) >= 11 is 1.75. The van der Waals surface area contributed by atoms with E-state index in [-0.39, 0.29) is 0 Å². The summed E-state index contributed by atoms with van der Waals surface area (Å²) in [5.74, 6) is 0.986. The monoisotopic (exact) mass is 78.0 g/mol. The molecular weight excluding hydrogens is 70.1 g/mol. The molecule has 0 atom stereocenters. The van der Waals surface area contributed by atoms with Crippen molar-refractivity contribution in [3.8, 4) is 0 Å².